The van der Waals surface area contributed by atoms with Gasteiger partial charge in [0.2, 0.25) is 11.8 Å². The van der Waals surface area contributed by atoms with Gasteiger partial charge < -0.3 is 20.2 Å². The lowest BCUT2D eigenvalue weighted by atomic mass is 9.71. The number of aliphatic hydroxyl groups excluding tert-OH is 1. The Bertz CT molecular complexity index is 1310. The Hall–Kier alpha value is -2.70. The van der Waals surface area contributed by atoms with Gasteiger partial charge in [-0.15, -0.1) is 11.3 Å². The first-order valence-corrected chi connectivity index (χ1v) is 14.2. The first-order chi connectivity index (χ1) is 18.7. The normalized spacial score (nSPS) is 23.6. The average molecular weight is 599 g/mol. The van der Waals surface area contributed by atoms with Crippen molar-refractivity contribution in [3.63, 3.8) is 0 Å². The summed E-state index contributed by atoms with van der Waals surface area (Å²) in [6.45, 7) is 5.09. The highest BCUT2D eigenvalue weighted by Crippen LogP contribution is 2.54. The topological polar surface area (TPSA) is 103 Å². The van der Waals surface area contributed by atoms with Gasteiger partial charge in [-0.1, -0.05) is 31.5 Å². The Morgan fingerprint density at radius 2 is 1.88 bits per heavy atom. The van der Waals surface area contributed by atoms with Crippen molar-refractivity contribution >= 4 is 40.7 Å². The minimum Gasteiger partial charge on any atom is -0.391 e. The van der Waals surface area contributed by atoms with E-state index >= 15 is 0 Å². The molecule has 2 saturated heterocycles. The number of amides is 3. The van der Waals surface area contributed by atoms with Crippen molar-refractivity contribution in [2.45, 2.75) is 39.0 Å². The minimum atomic E-state index is -4.63. The molecule has 216 valence electrons. The Balaban J connectivity index is 1.24. The summed E-state index contributed by atoms with van der Waals surface area (Å²) in [6.07, 6.45) is -3.58. The van der Waals surface area contributed by atoms with Gasteiger partial charge in [0.05, 0.1) is 34.3 Å². The summed E-state index contributed by atoms with van der Waals surface area (Å²) in [5, 5.41) is 12.8. The van der Waals surface area contributed by atoms with Crippen LogP contribution in [0.1, 0.15) is 41.1 Å². The molecule has 1 aromatic carbocycles. The molecule has 3 aliphatic rings. The van der Waals surface area contributed by atoms with E-state index < -0.39 is 34.2 Å². The number of aliphatic hydroxyl groups is 1. The zero-order chi connectivity index (χ0) is 29.0. The maximum atomic E-state index is 13.4. The minimum absolute atomic E-state index is 0.0262. The summed E-state index contributed by atoms with van der Waals surface area (Å²) in [6, 6.07) is 3.43. The van der Waals surface area contributed by atoms with Gasteiger partial charge in [0.15, 0.2) is 0 Å². The number of nitrogens with one attached hydrogen (secondary N) is 1. The molecule has 1 saturated carbocycles. The van der Waals surface area contributed by atoms with Gasteiger partial charge >= 0.3 is 6.18 Å². The summed E-state index contributed by atoms with van der Waals surface area (Å²) >= 11 is 6.88. The average Bonchev–Trinajstić information content (AvgIpc) is 3.25. The lowest BCUT2D eigenvalue weighted by molar-refractivity contribution is -0.151. The van der Waals surface area contributed by atoms with Crippen LogP contribution in [-0.4, -0.2) is 76.4 Å². The van der Waals surface area contributed by atoms with E-state index in [-0.39, 0.29) is 54.1 Å². The number of aromatic nitrogens is 1. The fourth-order valence-electron chi connectivity index (χ4n) is 5.86. The van der Waals surface area contributed by atoms with Gasteiger partial charge in [-0.3, -0.25) is 19.4 Å². The van der Waals surface area contributed by atoms with E-state index in [2.05, 4.69) is 10.3 Å². The van der Waals surface area contributed by atoms with Crippen LogP contribution in [0.5, 0.6) is 0 Å². The number of benzene rings is 1. The molecule has 13 heteroatoms. The van der Waals surface area contributed by atoms with Crippen LogP contribution in [0.3, 0.4) is 0 Å². The Labute approximate surface area is 238 Å². The summed E-state index contributed by atoms with van der Waals surface area (Å²) in [5.41, 5.74) is 0.168. The predicted octanol–water partition coefficient (Wildman–Crippen LogP) is 3.48. The molecular weight excluding hydrogens is 569 g/mol. The number of thiazole rings is 1. The molecule has 3 atom stereocenters. The number of alkyl halides is 3. The smallest absolute Gasteiger partial charge is 0.391 e. The first kappa shape index (κ1) is 28.8. The Morgan fingerprint density at radius 3 is 2.48 bits per heavy atom. The number of nitrogens with zero attached hydrogens (tertiary/aromatic N) is 3. The standard InChI is InChI=1S/C27H30ClF3N4O4S/c1-25(2)7-18(25)23(38)35-12-26(13-35)11-34(24(39)21-9-32-14-40-21)10-19(26)22(37)33-8-16(36)5-15-3-4-20(28)17(6-15)27(29,30)31/h3-4,6,9,14,16,18-19,36H,5,7-8,10-13H2,1-2H3,(H,33,37)/t16?,18-,19?/m1/s1. The van der Waals surface area contributed by atoms with Crippen molar-refractivity contribution in [1.29, 1.82) is 0 Å². The molecule has 0 radical (unpaired) electrons. The van der Waals surface area contributed by atoms with Gasteiger partial charge in [-0.2, -0.15) is 13.2 Å². The predicted molar refractivity (Wildman–Crippen MR) is 142 cm³/mol. The van der Waals surface area contributed by atoms with Gasteiger partial charge in [0, 0.05) is 50.5 Å². The van der Waals surface area contributed by atoms with Gasteiger partial charge in [0.25, 0.3) is 5.91 Å². The number of carbonyl (C=O) groups is 3. The largest absolute Gasteiger partial charge is 0.417 e. The SMILES string of the molecule is CC1(C)C[C@@H]1C(=O)N1CC2(CN(C(=O)c3cncs3)CC2C(=O)NCC(O)Cc2ccc(Cl)c(C(F)(F)F)c2)C1. The van der Waals surface area contributed by atoms with Crippen molar-refractivity contribution in [3.05, 3.63) is 50.9 Å². The first-order valence-electron chi connectivity index (χ1n) is 13.0. The molecular formula is C27H30ClF3N4O4S. The molecule has 2 unspecified atom stereocenters. The Morgan fingerprint density at radius 1 is 1.20 bits per heavy atom. The maximum absolute atomic E-state index is 13.4. The summed E-state index contributed by atoms with van der Waals surface area (Å²) in [4.78, 5) is 47.2. The van der Waals surface area contributed by atoms with Crippen LogP contribution in [0.2, 0.25) is 5.02 Å². The molecule has 1 aromatic heterocycles. The van der Waals surface area contributed by atoms with E-state index in [1.165, 1.54) is 23.6 Å². The third-order valence-electron chi connectivity index (χ3n) is 8.35. The molecule has 1 spiro atoms. The van der Waals surface area contributed by atoms with E-state index in [9.17, 15) is 32.7 Å². The Kier molecular flexibility index (Phi) is 7.41. The van der Waals surface area contributed by atoms with Gasteiger partial charge in [-0.05, 0) is 29.5 Å². The van der Waals surface area contributed by atoms with E-state index in [0.717, 1.165) is 18.6 Å². The molecule has 5 rings (SSSR count). The molecule has 2 aromatic rings. The van der Waals surface area contributed by atoms with Crippen LogP contribution in [0.15, 0.2) is 29.9 Å². The third-order valence-corrected chi connectivity index (χ3v) is 9.44. The number of hydrogen-bond donors (Lipinski definition) is 2. The van der Waals surface area contributed by atoms with Crippen LogP contribution in [0.4, 0.5) is 13.2 Å². The van der Waals surface area contributed by atoms with Crippen molar-refractivity contribution in [2.24, 2.45) is 22.7 Å². The monoisotopic (exact) mass is 598 g/mol. The second-order valence-electron chi connectivity index (χ2n) is 11.8. The zero-order valence-electron chi connectivity index (χ0n) is 22.0. The van der Waals surface area contributed by atoms with Crippen molar-refractivity contribution < 1.29 is 32.7 Å². The molecule has 3 heterocycles. The van der Waals surface area contributed by atoms with Crippen LogP contribution in [0, 0.1) is 22.7 Å². The summed E-state index contributed by atoms with van der Waals surface area (Å²) in [5.74, 6) is -1.17. The van der Waals surface area contributed by atoms with E-state index in [4.69, 9.17) is 11.6 Å². The quantitative estimate of drug-likeness (QED) is 0.508. The van der Waals surface area contributed by atoms with Crippen LogP contribution in [0.25, 0.3) is 0 Å². The van der Waals surface area contributed by atoms with Gasteiger partial charge in [-0.25, -0.2) is 0 Å². The number of rotatable bonds is 7. The zero-order valence-corrected chi connectivity index (χ0v) is 23.6. The van der Waals surface area contributed by atoms with Crippen molar-refractivity contribution in [3.8, 4) is 0 Å². The van der Waals surface area contributed by atoms with Gasteiger partial charge in [0.1, 0.15) is 4.88 Å². The molecule has 2 N–H and O–H groups in total. The van der Waals surface area contributed by atoms with E-state index in [0.29, 0.717) is 24.5 Å². The van der Waals surface area contributed by atoms with E-state index in [1.54, 1.807) is 15.3 Å². The number of carbonyl (C=O) groups excluding carboxylic acids is 3. The number of hydrogen-bond acceptors (Lipinski definition) is 6. The molecule has 3 fully saturated rings. The fraction of sp³-hybridized carbons (Fsp3) is 0.556. The molecule has 1 aliphatic carbocycles. The van der Waals surface area contributed by atoms with Crippen molar-refractivity contribution in [1.82, 2.24) is 20.1 Å². The summed E-state index contributed by atoms with van der Waals surface area (Å²) in [7, 11) is 0. The van der Waals surface area contributed by atoms with Crippen molar-refractivity contribution in [2.75, 3.05) is 32.7 Å². The molecule has 0 bridgehead atoms. The second-order valence-corrected chi connectivity index (χ2v) is 13.1. The fourth-order valence-corrected chi connectivity index (χ4v) is 6.68. The molecule has 8 nitrogen and oxygen atoms in total. The third kappa shape index (κ3) is 5.58. The number of halogens is 4. The van der Waals surface area contributed by atoms with Crippen LogP contribution < -0.4 is 5.32 Å². The highest BCUT2D eigenvalue weighted by atomic mass is 35.5. The molecule has 3 amide bonds. The lowest BCUT2D eigenvalue weighted by Crippen LogP contribution is -2.64. The molecule has 40 heavy (non-hydrogen) atoms. The van der Waals surface area contributed by atoms with Crippen LogP contribution >= 0.6 is 22.9 Å². The lowest BCUT2D eigenvalue weighted by Gasteiger charge is -2.50. The summed E-state index contributed by atoms with van der Waals surface area (Å²) < 4.78 is 39.6. The molecule has 2 aliphatic heterocycles. The highest BCUT2D eigenvalue weighted by Gasteiger charge is 2.61. The highest BCUT2D eigenvalue weighted by molar-refractivity contribution is 7.11. The number of likely N-dealkylation sites (tertiary alicyclic amines) is 2. The van der Waals surface area contributed by atoms with E-state index in [1.807, 2.05) is 13.8 Å². The second kappa shape index (κ2) is 10.3. The maximum Gasteiger partial charge on any atom is 0.417 e. The van der Waals surface area contributed by atoms with Crippen LogP contribution in [-0.2, 0) is 22.2 Å².